The van der Waals surface area contributed by atoms with Crippen molar-refractivity contribution in [3.63, 3.8) is 0 Å². The molecule has 0 amide bonds. The highest BCUT2D eigenvalue weighted by molar-refractivity contribution is 6.76. The highest BCUT2D eigenvalue weighted by Crippen LogP contribution is 2.48. The molecule has 2 saturated carbocycles. The molecular weight excluding hydrogens is 566 g/mol. The number of fused-ring (bicyclic) bond motifs is 3. The van der Waals surface area contributed by atoms with Crippen molar-refractivity contribution in [2.24, 2.45) is 11.8 Å². The molecule has 3 atom stereocenters. The summed E-state index contributed by atoms with van der Waals surface area (Å²) >= 11 is 6.12. The van der Waals surface area contributed by atoms with Crippen molar-refractivity contribution in [2.45, 2.75) is 89.4 Å². The van der Waals surface area contributed by atoms with Gasteiger partial charge in [0.1, 0.15) is 24.4 Å². The summed E-state index contributed by atoms with van der Waals surface area (Å²) in [5, 5.41) is 5.34. The van der Waals surface area contributed by atoms with Gasteiger partial charge < -0.3 is 14.4 Å². The zero-order valence-electron chi connectivity index (χ0n) is 25.8. The summed E-state index contributed by atoms with van der Waals surface area (Å²) in [5.74, 6) is 3.11. The third-order valence-corrected chi connectivity index (χ3v) is 12.3. The molecule has 2 bridgehead atoms. The van der Waals surface area contributed by atoms with Gasteiger partial charge in [-0.2, -0.15) is 9.61 Å². The van der Waals surface area contributed by atoms with Crippen LogP contribution in [0, 0.1) is 11.8 Å². The first-order valence-electron chi connectivity index (χ1n) is 15.4. The summed E-state index contributed by atoms with van der Waals surface area (Å²) in [5.41, 5.74) is 3.96. The van der Waals surface area contributed by atoms with E-state index in [0.29, 0.717) is 24.5 Å². The third-order valence-electron chi connectivity index (χ3n) is 8.63. The molecule has 2 aliphatic carbocycles. The maximum absolute atomic E-state index is 6.31. The van der Waals surface area contributed by atoms with E-state index in [2.05, 4.69) is 55.2 Å². The van der Waals surface area contributed by atoms with Gasteiger partial charge in [0.05, 0.1) is 6.20 Å². The van der Waals surface area contributed by atoms with E-state index in [1.54, 1.807) is 0 Å². The zero-order valence-corrected chi connectivity index (χ0v) is 28.6. The molecule has 0 aliphatic heterocycles. The molecule has 10 heteroatoms. The van der Waals surface area contributed by atoms with Crippen molar-refractivity contribution in [1.29, 1.82) is 0 Å². The Balaban J connectivity index is 1.50. The minimum Gasteiger partial charge on any atom is -0.361 e. The van der Waals surface area contributed by atoms with Crippen LogP contribution in [0.4, 0.5) is 5.82 Å². The van der Waals surface area contributed by atoms with E-state index in [-0.39, 0.29) is 0 Å². The Morgan fingerprint density at radius 2 is 1.54 bits per heavy atom. The number of hydrogen-bond donors (Lipinski definition) is 0. The Hall–Kier alpha value is -1.79. The molecule has 0 spiro atoms. The second-order valence-electron chi connectivity index (χ2n) is 14.7. The van der Waals surface area contributed by atoms with Gasteiger partial charge in [-0.3, -0.25) is 0 Å². The molecule has 41 heavy (non-hydrogen) atoms. The quantitative estimate of drug-likeness (QED) is 0.0838. The van der Waals surface area contributed by atoms with Crippen molar-refractivity contribution in [3.05, 3.63) is 41.4 Å². The lowest BCUT2D eigenvalue weighted by molar-refractivity contribution is 0.0942. The molecule has 2 aliphatic rings. The number of halogens is 1. The van der Waals surface area contributed by atoms with Crippen molar-refractivity contribution in [2.75, 3.05) is 31.6 Å². The van der Waals surface area contributed by atoms with E-state index < -0.39 is 16.1 Å². The van der Waals surface area contributed by atoms with Crippen LogP contribution in [0.2, 0.25) is 56.5 Å². The van der Waals surface area contributed by atoms with E-state index in [9.17, 15) is 0 Å². The van der Waals surface area contributed by atoms with Gasteiger partial charge in [-0.25, -0.2) is 9.97 Å². The second kappa shape index (κ2) is 12.8. The van der Waals surface area contributed by atoms with Crippen LogP contribution in [-0.2, 0) is 9.47 Å². The Labute approximate surface area is 253 Å². The number of aromatic nitrogens is 4. The largest absolute Gasteiger partial charge is 0.361 e. The van der Waals surface area contributed by atoms with E-state index in [0.717, 1.165) is 59.7 Å². The number of pyridine rings is 1. The molecule has 0 saturated heterocycles. The van der Waals surface area contributed by atoms with Crippen LogP contribution in [0.5, 0.6) is 0 Å². The summed E-state index contributed by atoms with van der Waals surface area (Å²) < 4.78 is 14.6. The average Bonchev–Trinajstić information content (AvgIpc) is 3.48. The molecule has 0 radical (unpaired) electrons. The maximum Gasteiger partial charge on any atom is 0.165 e. The summed E-state index contributed by atoms with van der Waals surface area (Å²) in [6, 6.07) is 8.36. The molecular formula is C31H48ClN5O2Si2. The van der Waals surface area contributed by atoms with Gasteiger partial charge in [-0.15, -0.1) is 0 Å². The number of anilines is 1. The Kier molecular flexibility index (Phi) is 9.60. The highest BCUT2D eigenvalue weighted by Gasteiger charge is 2.36. The Morgan fingerprint density at radius 3 is 2.10 bits per heavy atom. The van der Waals surface area contributed by atoms with Gasteiger partial charge >= 0.3 is 0 Å². The van der Waals surface area contributed by atoms with Crippen molar-refractivity contribution >= 4 is 39.2 Å². The van der Waals surface area contributed by atoms with Crippen LogP contribution in [0.3, 0.4) is 0 Å². The van der Waals surface area contributed by atoms with Crippen LogP contribution < -0.4 is 4.90 Å². The summed E-state index contributed by atoms with van der Waals surface area (Å²) in [6.45, 7) is 16.8. The fourth-order valence-electron chi connectivity index (χ4n) is 6.16. The van der Waals surface area contributed by atoms with E-state index >= 15 is 0 Å². The second-order valence-corrected chi connectivity index (χ2v) is 26.3. The normalized spacial score (nSPS) is 21.1. The molecule has 2 fully saturated rings. The summed E-state index contributed by atoms with van der Waals surface area (Å²) in [7, 11) is -2.39. The fourth-order valence-corrected chi connectivity index (χ4v) is 7.79. The number of rotatable bonds is 13. The van der Waals surface area contributed by atoms with E-state index in [4.69, 9.17) is 31.2 Å². The maximum atomic E-state index is 6.31. The molecule has 5 rings (SSSR count). The first kappa shape index (κ1) is 30.7. The van der Waals surface area contributed by atoms with Gasteiger partial charge in [0.2, 0.25) is 0 Å². The number of ether oxygens (including phenoxy) is 2. The van der Waals surface area contributed by atoms with Crippen LogP contribution in [0.1, 0.15) is 43.7 Å². The third kappa shape index (κ3) is 8.19. The molecule has 3 aromatic heterocycles. The molecule has 0 aromatic carbocycles. The molecule has 224 valence electrons. The van der Waals surface area contributed by atoms with Gasteiger partial charge in [-0.1, -0.05) is 63.7 Å². The Bertz CT molecular complexity index is 1270. The average molecular weight is 614 g/mol. The summed E-state index contributed by atoms with van der Waals surface area (Å²) in [6.07, 6.45) is 10.3. The predicted octanol–water partition coefficient (Wildman–Crippen LogP) is 8.17. The number of hydrogen-bond acceptors (Lipinski definition) is 6. The lowest BCUT2D eigenvalue weighted by atomic mass is 9.79. The topological polar surface area (TPSA) is 64.8 Å². The van der Waals surface area contributed by atoms with E-state index in [1.807, 2.05) is 29.0 Å². The number of nitrogens with zero attached hydrogens (tertiary/aromatic N) is 5. The van der Waals surface area contributed by atoms with Crippen LogP contribution in [0.15, 0.2) is 30.6 Å². The van der Waals surface area contributed by atoms with E-state index in [1.165, 1.54) is 37.8 Å². The van der Waals surface area contributed by atoms with Crippen molar-refractivity contribution in [3.8, 4) is 11.1 Å². The van der Waals surface area contributed by atoms with Crippen LogP contribution >= 0.6 is 11.6 Å². The van der Waals surface area contributed by atoms with Crippen LogP contribution in [0.25, 0.3) is 16.8 Å². The standard InChI is InChI=1S/C31H48ClN5O2Si2/c1-40(2,3)13-11-38-21-36(22-39-12-14-41(4,5)6)30-18-28(26-16-23-7-8-24(15-23)17-26)35-31-27(20-34-37(30)31)25-9-10-29(32)33-19-25/h9-10,18-20,23-24,26H,7-8,11-17,21-22H2,1-6H3/t23-,24+,26?. The van der Waals surface area contributed by atoms with Gasteiger partial charge in [0.25, 0.3) is 0 Å². The van der Waals surface area contributed by atoms with Crippen molar-refractivity contribution < 1.29 is 9.47 Å². The molecule has 3 heterocycles. The lowest BCUT2D eigenvalue weighted by Gasteiger charge is -2.30. The molecule has 0 N–H and O–H groups in total. The Morgan fingerprint density at radius 1 is 0.902 bits per heavy atom. The minimum atomic E-state index is -1.19. The monoisotopic (exact) mass is 613 g/mol. The lowest BCUT2D eigenvalue weighted by Crippen LogP contribution is -2.33. The van der Waals surface area contributed by atoms with Gasteiger partial charge in [0.15, 0.2) is 5.65 Å². The van der Waals surface area contributed by atoms with Crippen molar-refractivity contribution in [1.82, 2.24) is 19.6 Å². The first-order chi connectivity index (χ1) is 19.4. The zero-order chi connectivity index (χ0) is 29.2. The molecule has 7 nitrogen and oxygen atoms in total. The molecule has 3 aromatic rings. The molecule has 1 unspecified atom stereocenters. The first-order valence-corrected chi connectivity index (χ1v) is 23.2. The SMILES string of the molecule is C[Si](C)(C)CCOCN(COCC[Si](C)(C)C)c1cc(C2C[C@H]3CC[C@@H](C2)C3)nc2c(-c3ccc(Cl)nc3)cnn12. The smallest absolute Gasteiger partial charge is 0.165 e. The summed E-state index contributed by atoms with van der Waals surface area (Å²) in [4.78, 5) is 11.8. The van der Waals surface area contributed by atoms with Crippen LogP contribution in [-0.4, -0.2) is 62.4 Å². The predicted molar refractivity (Wildman–Crippen MR) is 174 cm³/mol. The highest BCUT2D eigenvalue weighted by atomic mass is 35.5. The van der Waals surface area contributed by atoms with Gasteiger partial charge in [-0.05, 0) is 55.3 Å². The fraction of sp³-hybridized carbons (Fsp3) is 0.645. The van der Waals surface area contributed by atoms with Gasteiger partial charge in [0, 0.05) is 64.4 Å². The minimum absolute atomic E-state index is 0.462.